The van der Waals surface area contributed by atoms with Crippen LogP contribution < -0.4 is 5.32 Å². The molecule has 0 aliphatic rings. The maximum Gasteiger partial charge on any atom is 0.310 e. The summed E-state index contributed by atoms with van der Waals surface area (Å²) in [5.41, 5.74) is 0.207. The number of thiazole rings is 1. The van der Waals surface area contributed by atoms with E-state index in [4.69, 9.17) is 5.11 Å². The first kappa shape index (κ1) is 17.1. The zero-order valence-corrected chi connectivity index (χ0v) is 13.6. The van der Waals surface area contributed by atoms with E-state index in [1.54, 1.807) is 31.4 Å². The number of carbonyl (C=O) groups excluding carboxylic acids is 1. The number of aromatic nitrogens is 1. The first-order valence-electron chi connectivity index (χ1n) is 6.98. The third-order valence-electron chi connectivity index (χ3n) is 3.27. The van der Waals surface area contributed by atoms with Gasteiger partial charge in [0.1, 0.15) is 10.8 Å². The maximum atomic E-state index is 13.2. The fourth-order valence-corrected chi connectivity index (χ4v) is 2.58. The fraction of sp³-hybridized carbons (Fsp3) is 0.312. The van der Waals surface area contributed by atoms with Gasteiger partial charge in [0, 0.05) is 17.5 Å². The van der Waals surface area contributed by atoms with Gasteiger partial charge in [-0.2, -0.15) is 0 Å². The number of carbonyl (C=O) groups is 2. The van der Waals surface area contributed by atoms with E-state index >= 15 is 0 Å². The van der Waals surface area contributed by atoms with Crippen molar-refractivity contribution in [1.82, 2.24) is 10.3 Å². The van der Waals surface area contributed by atoms with Crippen molar-refractivity contribution in [2.75, 3.05) is 6.54 Å². The Balaban J connectivity index is 1.97. The summed E-state index contributed by atoms with van der Waals surface area (Å²) < 4.78 is 13.2. The lowest BCUT2D eigenvalue weighted by Crippen LogP contribution is -2.39. The maximum absolute atomic E-state index is 13.2. The lowest BCUT2D eigenvalue weighted by molar-refractivity contribution is -0.146. The predicted octanol–water partition coefficient (Wildman–Crippen LogP) is 2.72. The van der Waals surface area contributed by atoms with E-state index in [0.717, 1.165) is 0 Å². The molecule has 1 amide bonds. The summed E-state index contributed by atoms with van der Waals surface area (Å²) in [5, 5.41) is 14.0. The van der Waals surface area contributed by atoms with Crippen LogP contribution >= 0.6 is 11.3 Å². The van der Waals surface area contributed by atoms with Crippen LogP contribution in [0.15, 0.2) is 29.6 Å². The van der Waals surface area contributed by atoms with Gasteiger partial charge in [-0.25, -0.2) is 9.37 Å². The first-order valence-corrected chi connectivity index (χ1v) is 7.86. The van der Waals surface area contributed by atoms with Gasteiger partial charge in [-0.3, -0.25) is 9.59 Å². The van der Waals surface area contributed by atoms with Gasteiger partial charge in [-0.05, 0) is 26.0 Å². The second kappa shape index (κ2) is 6.87. The molecule has 0 saturated heterocycles. The average molecular weight is 336 g/mol. The SMILES string of the molecule is CC(C)(CNC(=O)Cc1csc(-c2cccc(F)c2)n1)C(=O)O. The van der Waals surface area contributed by atoms with Crippen LogP contribution in [0.25, 0.3) is 10.6 Å². The smallest absolute Gasteiger partial charge is 0.310 e. The second-order valence-corrected chi connectivity index (χ2v) is 6.65. The van der Waals surface area contributed by atoms with Crippen molar-refractivity contribution in [3.63, 3.8) is 0 Å². The Labute approximate surface area is 137 Å². The van der Waals surface area contributed by atoms with Gasteiger partial charge in [0.05, 0.1) is 17.5 Å². The summed E-state index contributed by atoms with van der Waals surface area (Å²) in [4.78, 5) is 27.2. The van der Waals surface area contributed by atoms with Crippen molar-refractivity contribution in [2.24, 2.45) is 5.41 Å². The molecule has 0 saturated carbocycles. The lowest BCUT2D eigenvalue weighted by Gasteiger charge is -2.19. The highest BCUT2D eigenvalue weighted by molar-refractivity contribution is 7.13. The summed E-state index contributed by atoms with van der Waals surface area (Å²) >= 11 is 1.33. The van der Waals surface area contributed by atoms with E-state index in [0.29, 0.717) is 16.3 Å². The highest BCUT2D eigenvalue weighted by Gasteiger charge is 2.27. The molecule has 122 valence electrons. The quantitative estimate of drug-likeness (QED) is 0.850. The molecule has 1 aromatic heterocycles. The number of nitrogens with zero attached hydrogens (tertiary/aromatic N) is 1. The van der Waals surface area contributed by atoms with Gasteiger partial charge in [0.25, 0.3) is 0 Å². The molecule has 0 fully saturated rings. The molecule has 0 aliphatic heterocycles. The van der Waals surface area contributed by atoms with E-state index in [9.17, 15) is 14.0 Å². The van der Waals surface area contributed by atoms with Gasteiger partial charge in [-0.15, -0.1) is 11.3 Å². The molecule has 2 N–H and O–H groups in total. The summed E-state index contributed by atoms with van der Waals surface area (Å²) in [5.74, 6) is -1.61. The molecule has 1 aromatic carbocycles. The summed E-state index contributed by atoms with van der Waals surface area (Å²) in [7, 11) is 0. The molecular formula is C16H17FN2O3S. The summed E-state index contributed by atoms with van der Waals surface area (Å²) in [6.45, 7) is 3.13. The number of benzene rings is 1. The highest BCUT2D eigenvalue weighted by atomic mass is 32.1. The van der Waals surface area contributed by atoms with Gasteiger partial charge in [-0.1, -0.05) is 12.1 Å². The molecule has 5 nitrogen and oxygen atoms in total. The molecule has 0 atom stereocenters. The Kier molecular flexibility index (Phi) is 5.10. The molecule has 2 aromatic rings. The molecule has 0 aliphatic carbocycles. The topological polar surface area (TPSA) is 79.3 Å². The predicted molar refractivity (Wildman–Crippen MR) is 85.6 cm³/mol. The Morgan fingerprint density at radius 3 is 2.78 bits per heavy atom. The highest BCUT2D eigenvalue weighted by Crippen LogP contribution is 2.24. The molecule has 7 heteroatoms. The van der Waals surface area contributed by atoms with E-state index in [2.05, 4.69) is 10.3 Å². The zero-order valence-electron chi connectivity index (χ0n) is 12.8. The number of hydrogen-bond acceptors (Lipinski definition) is 4. The molecule has 0 radical (unpaired) electrons. The minimum Gasteiger partial charge on any atom is -0.481 e. The molecule has 23 heavy (non-hydrogen) atoms. The number of nitrogens with one attached hydrogen (secondary N) is 1. The molecule has 1 heterocycles. The number of halogens is 1. The molecule has 2 rings (SSSR count). The van der Waals surface area contributed by atoms with Crippen LogP contribution in [0.5, 0.6) is 0 Å². The number of rotatable bonds is 6. The van der Waals surface area contributed by atoms with Crippen LogP contribution in [0.3, 0.4) is 0 Å². The van der Waals surface area contributed by atoms with Crippen LogP contribution in [-0.4, -0.2) is 28.5 Å². The van der Waals surface area contributed by atoms with Gasteiger partial charge >= 0.3 is 5.97 Å². The molecule has 0 spiro atoms. The van der Waals surface area contributed by atoms with Gasteiger partial charge in [0.15, 0.2) is 0 Å². The molecule has 0 unspecified atom stereocenters. The Bertz CT molecular complexity index is 728. The largest absolute Gasteiger partial charge is 0.481 e. The monoisotopic (exact) mass is 336 g/mol. The number of hydrogen-bond donors (Lipinski definition) is 2. The molecule has 0 bridgehead atoms. The number of amides is 1. The average Bonchev–Trinajstić information content (AvgIpc) is 2.93. The van der Waals surface area contributed by atoms with E-state index in [1.165, 1.54) is 23.5 Å². The standard InChI is InChI=1S/C16H17FN2O3S/c1-16(2,15(21)22)9-18-13(20)7-12-8-23-14(19-12)10-4-3-5-11(17)6-10/h3-6,8H,7,9H2,1-2H3,(H,18,20)(H,21,22). The van der Waals surface area contributed by atoms with Crippen molar-refractivity contribution >= 4 is 23.2 Å². The van der Waals surface area contributed by atoms with E-state index in [1.807, 2.05) is 0 Å². The van der Waals surface area contributed by atoms with E-state index in [-0.39, 0.29) is 24.7 Å². The second-order valence-electron chi connectivity index (χ2n) is 5.80. The third-order valence-corrected chi connectivity index (χ3v) is 4.21. The third kappa shape index (κ3) is 4.59. The van der Waals surface area contributed by atoms with Gasteiger partial charge in [0.2, 0.25) is 5.91 Å². The summed E-state index contributed by atoms with van der Waals surface area (Å²) in [6.07, 6.45) is 0.0571. The van der Waals surface area contributed by atoms with Crippen LogP contribution in [0, 0.1) is 11.2 Å². The Morgan fingerprint density at radius 1 is 1.39 bits per heavy atom. The van der Waals surface area contributed by atoms with Crippen LogP contribution in [0.2, 0.25) is 0 Å². The minimum absolute atomic E-state index is 0.0437. The van der Waals surface area contributed by atoms with E-state index < -0.39 is 11.4 Å². The fourth-order valence-electron chi connectivity index (χ4n) is 1.76. The van der Waals surface area contributed by atoms with Crippen molar-refractivity contribution in [3.05, 3.63) is 41.2 Å². The number of aliphatic carboxylic acids is 1. The number of carboxylic acids is 1. The Morgan fingerprint density at radius 2 is 2.13 bits per heavy atom. The van der Waals surface area contributed by atoms with Crippen molar-refractivity contribution in [3.8, 4) is 10.6 Å². The normalized spacial score (nSPS) is 11.3. The summed E-state index contributed by atoms with van der Waals surface area (Å²) in [6, 6.07) is 6.10. The number of carboxylic acid groups (broad SMARTS) is 1. The zero-order chi connectivity index (χ0) is 17.0. The lowest BCUT2D eigenvalue weighted by atomic mass is 9.94. The minimum atomic E-state index is -1.02. The van der Waals surface area contributed by atoms with Crippen LogP contribution in [0.4, 0.5) is 4.39 Å². The van der Waals surface area contributed by atoms with Crippen LogP contribution in [-0.2, 0) is 16.0 Å². The van der Waals surface area contributed by atoms with Crippen molar-refractivity contribution in [1.29, 1.82) is 0 Å². The van der Waals surface area contributed by atoms with Crippen molar-refractivity contribution in [2.45, 2.75) is 20.3 Å². The molecular weight excluding hydrogens is 319 g/mol. The van der Waals surface area contributed by atoms with Gasteiger partial charge < -0.3 is 10.4 Å². The van der Waals surface area contributed by atoms with Crippen molar-refractivity contribution < 1.29 is 19.1 Å². The van der Waals surface area contributed by atoms with Crippen LogP contribution in [0.1, 0.15) is 19.5 Å². The first-order chi connectivity index (χ1) is 10.8. The Hall–Kier alpha value is -2.28.